The molecule has 0 saturated heterocycles. The van der Waals surface area contributed by atoms with Crippen LogP contribution in [0.3, 0.4) is 0 Å². The largest absolute Gasteiger partial charge is 0.497 e. The summed E-state index contributed by atoms with van der Waals surface area (Å²) >= 11 is 0. The third-order valence-corrected chi connectivity index (χ3v) is 5.54. The standard InChI is InChI=1S/C23H24N2O3/c1-16(26)24-13-11-17-6-3-4-8-20(17)22(24)15-23(27)25-12-5-7-18-14-19(28-2)9-10-21(18)25/h3-4,6,8-11,13-14,22H,5,7,12,15H2,1-2H3. The second kappa shape index (κ2) is 7.50. The molecule has 0 radical (unpaired) electrons. The van der Waals surface area contributed by atoms with Gasteiger partial charge in [-0.25, -0.2) is 0 Å². The summed E-state index contributed by atoms with van der Waals surface area (Å²) in [5, 5.41) is 0. The maximum Gasteiger partial charge on any atom is 0.229 e. The van der Waals surface area contributed by atoms with Crippen LogP contribution in [0, 0.1) is 0 Å². The molecule has 2 aliphatic rings. The molecule has 2 aromatic rings. The van der Waals surface area contributed by atoms with Crippen LogP contribution in [0.2, 0.25) is 0 Å². The molecule has 2 heterocycles. The molecular formula is C23H24N2O3. The van der Waals surface area contributed by atoms with Crippen molar-refractivity contribution in [3.05, 3.63) is 65.4 Å². The number of anilines is 1. The Kier molecular flexibility index (Phi) is 4.90. The zero-order chi connectivity index (χ0) is 19.7. The molecule has 0 aliphatic carbocycles. The Morgan fingerprint density at radius 3 is 2.79 bits per heavy atom. The lowest BCUT2D eigenvalue weighted by molar-refractivity contribution is -0.129. The lowest BCUT2D eigenvalue weighted by Gasteiger charge is -2.35. The number of hydrogen-bond acceptors (Lipinski definition) is 3. The van der Waals surface area contributed by atoms with Gasteiger partial charge >= 0.3 is 0 Å². The number of fused-ring (bicyclic) bond motifs is 2. The van der Waals surface area contributed by atoms with Crippen LogP contribution in [0.15, 0.2) is 48.7 Å². The zero-order valence-electron chi connectivity index (χ0n) is 16.2. The molecule has 2 amide bonds. The van der Waals surface area contributed by atoms with Gasteiger partial charge in [0.25, 0.3) is 0 Å². The Balaban J connectivity index is 1.63. The summed E-state index contributed by atoms with van der Waals surface area (Å²) in [4.78, 5) is 29.0. The minimum atomic E-state index is -0.283. The number of methoxy groups -OCH3 is 1. The van der Waals surface area contributed by atoms with Gasteiger partial charge in [0.05, 0.1) is 19.6 Å². The number of carbonyl (C=O) groups is 2. The topological polar surface area (TPSA) is 49.9 Å². The molecule has 0 bridgehead atoms. The molecule has 0 N–H and O–H groups in total. The third-order valence-electron chi connectivity index (χ3n) is 5.54. The van der Waals surface area contributed by atoms with Gasteiger partial charge in [-0.2, -0.15) is 0 Å². The molecule has 0 fully saturated rings. The summed E-state index contributed by atoms with van der Waals surface area (Å²) in [6, 6.07) is 13.5. The van der Waals surface area contributed by atoms with Crippen LogP contribution in [0.1, 0.15) is 42.5 Å². The Hall–Kier alpha value is -3.08. The first-order valence-corrected chi connectivity index (χ1v) is 9.62. The molecule has 1 atom stereocenters. The predicted octanol–water partition coefficient (Wildman–Crippen LogP) is 3.94. The van der Waals surface area contributed by atoms with E-state index in [1.807, 2.05) is 53.4 Å². The lowest BCUT2D eigenvalue weighted by Crippen LogP contribution is -2.39. The van der Waals surface area contributed by atoms with Crippen LogP contribution in [-0.4, -0.2) is 30.4 Å². The highest BCUT2D eigenvalue weighted by Crippen LogP contribution is 2.36. The van der Waals surface area contributed by atoms with Gasteiger partial charge in [-0.3, -0.25) is 9.59 Å². The maximum absolute atomic E-state index is 13.3. The molecular weight excluding hydrogens is 352 g/mol. The average molecular weight is 376 g/mol. The summed E-state index contributed by atoms with van der Waals surface area (Å²) in [6.07, 6.45) is 5.83. The highest BCUT2D eigenvalue weighted by atomic mass is 16.5. The van der Waals surface area contributed by atoms with E-state index >= 15 is 0 Å². The van der Waals surface area contributed by atoms with Crippen molar-refractivity contribution in [2.45, 2.75) is 32.2 Å². The molecule has 28 heavy (non-hydrogen) atoms. The Bertz CT molecular complexity index is 951. The van der Waals surface area contributed by atoms with E-state index in [1.165, 1.54) is 6.92 Å². The number of hydrogen-bond donors (Lipinski definition) is 0. The number of rotatable bonds is 3. The Morgan fingerprint density at radius 1 is 1.18 bits per heavy atom. The second-order valence-electron chi connectivity index (χ2n) is 7.23. The quantitative estimate of drug-likeness (QED) is 0.815. The second-order valence-corrected chi connectivity index (χ2v) is 7.23. The van der Waals surface area contributed by atoms with Gasteiger partial charge in [0.15, 0.2) is 0 Å². The fraction of sp³-hybridized carbons (Fsp3) is 0.304. The van der Waals surface area contributed by atoms with Crippen molar-refractivity contribution in [3.63, 3.8) is 0 Å². The van der Waals surface area contributed by atoms with E-state index < -0.39 is 0 Å². The number of nitrogens with zero attached hydrogens (tertiary/aromatic N) is 2. The number of benzene rings is 2. The molecule has 2 aromatic carbocycles. The zero-order valence-corrected chi connectivity index (χ0v) is 16.2. The molecule has 4 rings (SSSR count). The van der Waals surface area contributed by atoms with Crippen molar-refractivity contribution < 1.29 is 14.3 Å². The molecule has 5 nitrogen and oxygen atoms in total. The van der Waals surface area contributed by atoms with Crippen molar-refractivity contribution in [3.8, 4) is 5.75 Å². The number of ether oxygens (including phenoxy) is 1. The Morgan fingerprint density at radius 2 is 2.00 bits per heavy atom. The smallest absolute Gasteiger partial charge is 0.229 e. The van der Waals surface area contributed by atoms with Gasteiger partial charge in [-0.05, 0) is 53.8 Å². The molecule has 0 spiro atoms. The maximum atomic E-state index is 13.3. The fourth-order valence-corrected chi connectivity index (χ4v) is 4.15. The molecule has 5 heteroatoms. The van der Waals surface area contributed by atoms with Gasteiger partial charge in [0.2, 0.25) is 11.8 Å². The van der Waals surface area contributed by atoms with Crippen LogP contribution in [0.25, 0.3) is 6.08 Å². The van der Waals surface area contributed by atoms with Crippen LogP contribution in [-0.2, 0) is 16.0 Å². The van der Waals surface area contributed by atoms with Gasteiger partial charge in [-0.1, -0.05) is 24.3 Å². The number of aryl methyl sites for hydroxylation is 1. The number of carbonyl (C=O) groups excluding carboxylic acids is 2. The first-order valence-electron chi connectivity index (χ1n) is 9.62. The van der Waals surface area contributed by atoms with Crippen LogP contribution in [0.4, 0.5) is 5.69 Å². The monoisotopic (exact) mass is 376 g/mol. The van der Waals surface area contributed by atoms with Crippen LogP contribution >= 0.6 is 0 Å². The van der Waals surface area contributed by atoms with Crippen molar-refractivity contribution >= 4 is 23.6 Å². The third kappa shape index (κ3) is 3.28. The summed E-state index contributed by atoms with van der Waals surface area (Å²) in [7, 11) is 1.65. The van der Waals surface area contributed by atoms with Gasteiger partial charge in [0, 0.05) is 25.4 Å². The van der Waals surface area contributed by atoms with Crippen molar-refractivity contribution in [1.29, 1.82) is 0 Å². The van der Waals surface area contributed by atoms with Crippen LogP contribution < -0.4 is 9.64 Å². The van der Waals surface area contributed by atoms with Crippen LogP contribution in [0.5, 0.6) is 5.75 Å². The summed E-state index contributed by atoms with van der Waals surface area (Å²) in [5.41, 5.74) is 4.15. The lowest BCUT2D eigenvalue weighted by atomic mass is 9.92. The SMILES string of the molecule is COc1ccc2c(c1)CCCN2C(=O)CC1c2ccccc2C=CN1C(C)=O. The first kappa shape index (κ1) is 18.3. The minimum Gasteiger partial charge on any atom is -0.497 e. The molecule has 0 aromatic heterocycles. The normalized spacial score (nSPS) is 17.7. The van der Waals surface area contributed by atoms with Crippen molar-refractivity contribution in [2.75, 3.05) is 18.6 Å². The molecule has 144 valence electrons. The van der Waals surface area contributed by atoms with Gasteiger partial charge in [0.1, 0.15) is 5.75 Å². The first-order chi connectivity index (χ1) is 13.6. The number of amides is 2. The molecule has 0 saturated carbocycles. The van der Waals surface area contributed by atoms with E-state index in [9.17, 15) is 9.59 Å². The van der Waals surface area contributed by atoms with E-state index in [2.05, 4.69) is 0 Å². The predicted molar refractivity (Wildman–Crippen MR) is 109 cm³/mol. The highest BCUT2D eigenvalue weighted by Gasteiger charge is 2.31. The summed E-state index contributed by atoms with van der Waals surface area (Å²) in [6.45, 7) is 2.24. The van der Waals surface area contributed by atoms with Gasteiger partial charge in [-0.15, -0.1) is 0 Å². The van der Waals surface area contributed by atoms with E-state index in [-0.39, 0.29) is 24.3 Å². The molecule has 2 aliphatic heterocycles. The molecule has 1 unspecified atom stereocenters. The minimum absolute atomic E-state index is 0.0347. The summed E-state index contributed by atoms with van der Waals surface area (Å²) < 4.78 is 5.32. The van der Waals surface area contributed by atoms with Gasteiger partial charge < -0.3 is 14.5 Å². The highest BCUT2D eigenvalue weighted by molar-refractivity contribution is 5.95. The summed E-state index contributed by atoms with van der Waals surface area (Å²) in [5.74, 6) is 0.780. The van der Waals surface area contributed by atoms with E-state index in [0.29, 0.717) is 6.54 Å². The average Bonchev–Trinajstić information content (AvgIpc) is 2.72. The van der Waals surface area contributed by atoms with Crippen molar-refractivity contribution in [2.24, 2.45) is 0 Å². The Labute approximate surface area is 165 Å². The fourth-order valence-electron chi connectivity index (χ4n) is 4.15. The van der Waals surface area contributed by atoms with E-state index in [4.69, 9.17) is 4.74 Å². The van der Waals surface area contributed by atoms with Crippen molar-refractivity contribution in [1.82, 2.24) is 4.90 Å². The van der Waals surface area contributed by atoms with E-state index in [1.54, 1.807) is 18.2 Å². The van der Waals surface area contributed by atoms with E-state index in [0.717, 1.165) is 41.0 Å².